The first-order chi connectivity index (χ1) is 13.6. The lowest BCUT2D eigenvalue weighted by Gasteiger charge is -2.11. The van der Waals surface area contributed by atoms with Crippen LogP contribution < -0.4 is 24.4 Å². The van der Waals surface area contributed by atoms with Crippen LogP contribution in [0.25, 0.3) is 10.9 Å². The summed E-state index contributed by atoms with van der Waals surface area (Å²) in [5.74, 6) is 1.84. The van der Waals surface area contributed by atoms with Gasteiger partial charge in [-0.25, -0.2) is 5.43 Å². The van der Waals surface area contributed by atoms with Crippen molar-refractivity contribution < 1.29 is 23.7 Å². The van der Waals surface area contributed by atoms with Crippen LogP contribution in [0.5, 0.6) is 23.0 Å². The molecule has 0 atom stereocenters. The van der Waals surface area contributed by atoms with E-state index in [0.717, 1.165) is 5.56 Å². The molecule has 8 nitrogen and oxygen atoms in total. The molecule has 0 saturated carbocycles. The molecule has 1 amide bonds. The Hall–Kier alpha value is -3.68. The molecule has 0 spiro atoms. The molecule has 1 heterocycles. The summed E-state index contributed by atoms with van der Waals surface area (Å²) >= 11 is 0. The van der Waals surface area contributed by atoms with Gasteiger partial charge in [-0.05, 0) is 23.8 Å². The SMILES string of the molecule is COc1cccc(/C=N/NC(=O)c2cc3c(OC)cc(OC)c(OC)c3[nH]2)c1. The number of hydrogen-bond acceptors (Lipinski definition) is 6. The first-order valence-corrected chi connectivity index (χ1v) is 8.40. The van der Waals surface area contributed by atoms with Gasteiger partial charge in [-0.3, -0.25) is 4.79 Å². The topological polar surface area (TPSA) is 94.2 Å². The van der Waals surface area contributed by atoms with E-state index in [1.54, 1.807) is 32.4 Å². The van der Waals surface area contributed by atoms with Crippen LogP contribution in [0.1, 0.15) is 16.1 Å². The number of aromatic nitrogens is 1. The Morgan fingerprint density at radius 2 is 1.79 bits per heavy atom. The van der Waals surface area contributed by atoms with Crippen LogP contribution in [0.3, 0.4) is 0 Å². The second-order valence-corrected chi connectivity index (χ2v) is 5.76. The number of carbonyl (C=O) groups is 1. The van der Waals surface area contributed by atoms with Crippen LogP contribution in [0.4, 0.5) is 0 Å². The Bertz CT molecular complexity index is 1030. The van der Waals surface area contributed by atoms with Crippen LogP contribution in [0.15, 0.2) is 41.5 Å². The van der Waals surface area contributed by atoms with Gasteiger partial charge < -0.3 is 23.9 Å². The highest BCUT2D eigenvalue weighted by atomic mass is 16.5. The Balaban J connectivity index is 1.86. The lowest BCUT2D eigenvalue weighted by atomic mass is 10.2. The zero-order chi connectivity index (χ0) is 20.1. The minimum Gasteiger partial charge on any atom is -0.497 e. The molecule has 0 saturated heterocycles. The van der Waals surface area contributed by atoms with E-state index in [9.17, 15) is 4.79 Å². The maximum Gasteiger partial charge on any atom is 0.287 e. The van der Waals surface area contributed by atoms with Crippen LogP contribution in [0.2, 0.25) is 0 Å². The van der Waals surface area contributed by atoms with Gasteiger partial charge in [0, 0.05) is 11.5 Å². The summed E-state index contributed by atoms with van der Waals surface area (Å²) in [7, 11) is 6.20. The van der Waals surface area contributed by atoms with E-state index in [1.165, 1.54) is 20.4 Å². The number of nitrogens with one attached hydrogen (secondary N) is 2. The first-order valence-electron chi connectivity index (χ1n) is 8.40. The molecule has 0 radical (unpaired) electrons. The van der Waals surface area contributed by atoms with Gasteiger partial charge in [0.05, 0.1) is 40.2 Å². The van der Waals surface area contributed by atoms with Crippen molar-refractivity contribution in [2.75, 3.05) is 28.4 Å². The fourth-order valence-electron chi connectivity index (χ4n) is 2.81. The molecule has 3 rings (SSSR count). The predicted molar refractivity (Wildman–Crippen MR) is 106 cm³/mol. The summed E-state index contributed by atoms with van der Waals surface area (Å²) in [5, 5.41) is 4.69. The molecular formula is C20H21N3O5. The zero-order valence-electron chi connectivity index (χ0n) is 16.0. The van der Waals surface area contributed by atoms with E-state index in [2.05, 4.69) is 15.5 Å². The van der Waals surface area contributed by atoms with E-state index in [-0.39, 0.29) is 0 Å². The third kappa shape index (κ3) is 3.71. The molecule has 0 aliphatic carbocycles. The van der Waals surface area contributed by atoms with Gasteiger partial charge in [-0.15, -0.1) is 0 Å². The highest BCUT2D eigenvalue weighted by Gasteiger charge is 2.19. The number of benzene rings is 2. The number of rotatable bonds is 7. The molecule has 0 aliphatic heterocycles. The van der Waals surface area contributed by atoms with E-state index < -0.39 is 5.91 Å². The van der Waals surface area contributed by atoms with Crippen molar-refractivity contribution in [3.05, 3.63) is 47.7 Å². The van der Waals surface area contributed by atoms with Crippen LogP contribution >= 0.6 is 0 Å². The van der Waals surface area contributed by atoms with Crippen molar-refractivity contribution in [3.63, 3.8) is 0 Å². The van der Waals surface area contributed by atoms with E-state index in [1.807, 2.05) is 18.2 Å². The number of amides is 1. The molecule has 0 fully saturated rings. The summed E-state index contributed by atoms with van der Waals surface area (Å²) in [4.78, 5) is 15.5. The molecule has 0 unspecified atom stereocenters. The fraction of sp³-hybridized carbons (Fsp3) is 0.200. The Morgan fingerprint density at radius 1 is 1.00 bits per heavy atom. The molecule has 0 bridgehead atoms. The number of fused-ring (bicyclic) bond motifs is 1. The summed E-state index contributed by atoms with van der Waals surface area (Å²) in [5.41, 5.74) is 4.20. The van der Waals surface area contributed by atoms with Gasteiger partial charge in [0.1, 0.15) is 17.2 Å². The molecule has 2 N–H and O–H groups in total. The van der Waals surface area contributed by atoms with Crippen molar-refractivity contribution in [1.29, 1.82) is 0 Å². The van der Waals surface area contributed by atoms with Gasteiger partial charge >= 0.3 is 0 Å². The Kier molecular flexibility index (Phi) is 5.69. The standard InChI is InChI=1S/C20H21N3O5/c1-25-13-7-5-6-12(8-13)11-21-23-20(24)15-9-14-16(26-2)10-17(27-3)19(28-4)18(14)22-15/h5-11,22H,1-4H3,(H,23,24)/b21-11+. The quantitative estimate of drug-likeness (QED) is 0.483. The minimum absolute atomic E-state index is 0.308. The average Bonchev–Trinajstić information content (AvgIpc) is 3.18. The number of aromatic amines is 1. The summed E-state index contributed by atoms with van der Waals surface area (Å²) in [6.45, 7) is 0. The van der Waals surface area contributed by atoms with Crippen molar-refractivity contribution in [2.45, 2.75) is 0 Å². The van der Waals surface area contributed by atoms with Crippen LogP contribution in [-0.4, -0.2) is 45.5 Å². The number of nitrogens with zero attached hydrogens (tertiary/aromatic N) is 1. The number of methoxy groups -OCH3 is 4. The lowest BCUT2D eigenvalue weighted by Crippen LogP contribution is -2.17. The highest BCUT2D eigenvalue weighted by Crippen LogP contribution is 2.41. The second kappa shape index (κ2) is 8.34. The third-order valence-corrected chi connectivity index (χ3v) is 4.16. The Morgan fingerprint density at radius 3 is 2.46 bits per heavy atom. The fourth-order valence-corrected chi connectivity index (χ4v) is 2.81. The summed E-state index contributed by atoms with van der Waals surface area (Å²) in [6.07, 6.45) is 1.53. The monoisotopic (exact) mass is 383 g/mol. The van der Waals surface area contributed by atoms with Crippen molar-refractivity contribution in [2.24, 2.45) is 5.10 Å². The summed E-state index contributed by atoms with van der Waals surface area (Å²) < 4.78 is 21.3. The summed E-state index contributed by atoms with van der Waals surface area (Å²) in [6, 6.07) is 10.7. The molecule has 2 aromatic carbocycles. The van der Waals surface area contributed by atoms with E-state index >= 15 is 0 Å². The molecule has 3 aromatic rings. The number of hydrogen-bond donors (Lipinski definition) is 2. The molecular weight excluding hydrogens is 362 g/mol. The lowest BCUT2D eigenvalue weighted by molar-refractivity contribution is 0.0951. The van der Waals surface area contributed by atoms with Crippen molar-refractivity contribution >= 4 is 23.0 Å². The van der Waals surface area contributed by atoms with Crippen LogP contribution in [0, 0.1) is 0 Å². The molecule has 1 aromatic heterocycles. The molecule has 0 aliphatic rings. The number of H-pyrrole nitrogens is 1. The second-order valence-electron chi connectivity index (χ2n) is 5.76. The first kappa shape index (κ1) is 19.1. The van der Waals surface area contributed by atoms with E-state index in [4.69, 9.17) is 18.9 Å². The Labute approximate surface area is 162 Å². The van der Waals surface area contributed by atoms with E-state index in [0.29, 0.717) is 39.6 Å². The van der Waals surface area contributed by atoms with Gasteiger partial charge in [-0.2, -0.15) is 5.10 Å². The highest BCUT2D eigenvalue weighted by molar-refractivity contribution is 6.02. The smallest absolute Gasteiger partial charge is 0.287 e. The maximum atomic E-state index is 12.5. The van der Waals surface area contributed by atoms with Crippen LogP contribution in [-0.2, 0) is 0 Å². The normalized spacial score (nSPS) is 10.9. The number of hydrazone groups is 1. The molecule has 146 valence electrons. The number of ether oxygens (including phenoxy) is 4. The maximum absolute atomic E-state index is 12.5. The molecule has 28 heavy (non-hydrogen) atoms. The minimum atomic E-state index is -0.404. The van der Waals surface area contributed by atoms with Crippen molar-refractivity contribution in [1.82, 2.24) is 10.4 Å². The number of carbonyl (C=O) groups excluding carboxylic acids is 1. The predicted octanol–water partition coefficient (Wildman–Crippen LogP) is 2.97. The molecule has 8 heteroatoms. The largest absolute Gasteiger partial charge is 0.497 e. The van der Waals surface area contributed by atoms with Crippen molar-refractivity contribution in [3.8, 4) is 23.0 Å². The zero-order valence-corrected chi connectivity index (χ0v) is 16.0. The van der Waals surface area contributed by atoms with Gasteiger partial charge in [0.25, 0.3) is 5.91 Å². The third-order valence-electron chi connectivity index (χ3n) is 4.16. The van der Waals surface area contributed by atoms with Gasteiger partial charge in [0.2, 0.25) is 0 Å². The average molecular weight is 383 g/mol. The van der Waals surface area contributed by atoms with Gasteiger partial charge in [-0.1, -0.05) is 12.1 Å². The van der Waals surface area contributed by atoms with Gasteiger partial charge in [0.15, 0.2) is 11.5 Å².